The number of likely N-dealkylation sites (N-methyl/N-ethyl adjacent to an activating group) is 1. The van der Waals surface area contributed by atoms with Gasteiger partial charge in [0, 0.05) is 26.8 Å². The van der Waals surface area contributed by atoms with Crippen LogP contribution in [-0.2, 0) is 11.2 Å². The van der Waals surface area contributed by atoms with Gasteiger partial charge >= 0.3 is 0 Å². The van der Waals surface area contributed by atoms with Crippen molar-refractivity contribution < 1.29 is 4.74 Å². The van der Waals surface area contributed by atoms with Gasteiger partial charge in [0.25, 0.3) is 0 Å². The average Bonchev–Trinajstić information content (AvgIpc) is 2.38. The molecule has 0 fully saturated rings. The lowest BCUT2D eigenvalue weighted by Gasteiger charge is -2.27. The van der Waals surface area contributed by atoms with E-state index in [-0.39, 0.29) is 6.04 Å². The number of rotatable bonds is 7. The predicted octanol–water partition coefficient (Wildman–Crippen LogP) is 1.94. The second-order valence-electron chi connectivity index (χ2n) is 4.44. The minimum absolute atomic E-state index is 0.283. The van der Waals surface area contributed by atoms with Crippen LogP contribution in [0.1, 0.15) is 25.8 Å². The van der Waals surface area contributed by atoms with Crippen molar-refractivity contribution in [2.45, 2.75) is 32.7 Å². The van der Waals surface area contributed by atoms with Gasteiger partial charge in [-0.1, -0.05) is 13.3 Å². The summed E-state index contributed by atoms with van der Waals surface area (Å²) in [4.78, 5) is 10.9. The molecule has 0 amide bonds. The molecule has 0 saturated heterocycles. The standard InChI is InChI=1S/C13H24N4O/c1-6-7-11-12(14-3)15-9-16-13(11)17(4)10(2)8-18-5/h9-10H,6-8H2,1-5H3,(H,14,15,16). The smallest absolute Gasteiger partial charge is 0.137 e. The van der Waals surface area contributed by atoms with Crippen LogP contribution in [0.3, 0.4) is 0 Å². The Balaban J connectivity index is 3.06. The lowest BCUT2D eigenvalue weighted by molar-refractivity contribution is 0.183. The molecule has 0 bridgehead atoms. The lowest BCUT2D eigenvalue weighted by atomic mass is 10.1. The van der Waals surface area contributed by atoms with Crippen molar-refractivity contribution in [3.05, 3.63) is 11.9 Å². The third-order valence-electron chi connectivity index (χ3n) is 3.06. The van der Waals surface area contributed by atoms with E-state index in [0.29, 0.717) is 6.61 Å². The van der Waals surface area contributed by atoms with E-state index in [2.05, 4.69) is 34.0 Å². The molecule has 18 heavy (non-hydrogen) atoms. The number of aromatic nitrogens is 2. The van der Waals surface area contributed by atoms with E-state index in [4.69, 9.17) is 4.74 Å². The lowest BCUT2D eigenvalue weighted by Crippen LogP contribution is -2.34. The Bertz CT molecular complexity index is 370. The zero-order valence-electron chi connectivity index (χ0n) is 12.0. The van der Waals surface area contributed by atoms with E-state index in [1.807, 2.05) is 14.1 Å². The summed E-state index contributed by atoms with van der Waals surface area (Å²) < 4.78 is 5.20. The number of nitrogens with one attached hydrogen (secondary N) is 1. The Kier molecular flexibility index (Phi) is 5.85. The number of anilines is 2. The molecule has 1 N–H and O–H groups in total. The van der Waals surface area contributed by atoms with Crippen molar-refractivity contribution in [1.29, 1.82) is 0 Å². The highest BCUT2D eigenvalue weighted by molar-refractivity contribution is 5.58. The molecule has 0 radical (unpaired) electrons. The van der Waals surface area contributed by atoms with Gasteiger partial charge in [-0.3, -0.25) is 0 Å². The van der Waals surface area contributed by atoms with Gasteiger partial charge in [-0.15, -0.1) is 0 Å². The molecule has 1 heterocycles. The minimum atomic E-state index is 0.283. The summed E-state index contributed by atoms with van der Waals surface area (Å²) in [7, 11) is 5.66. The van der Waals surface area contributed by atoms with Crippen molar-refractivity contribution in [3.8, 4) is 0 Å². The Labute approximate surface area is 110 Å². The monoisotopic (exact) mass is 252 g/mol. The van der Waals surface area contributed by atoms with E-state index in [1.165, 1.54) is 5.56 Å². The minimum Gasteiger partial charge on any atom is -0.383 e. The van der Waals surface area contributed by atoms with Gasteiger partial charge < -0.3 is 15.0 Å². The molecule has 5 heteroatoms. The molecular weight excluding hydrogens is 228 g/mol. The van der Waals surface area contributed by atoms with Crippen LogP contribution in [0.2, 0.25) is 0 Å². The Hall–Kier alpha value is -1.36. The highest BCUT2D eigenvalue weighted by Crippen LogP contribution is 2.25. The summed E-state index contributed by atoms with van der Waals surface area (Å²) in [6.07, 6.45) is 3.65. The van der Waals surface area contributed by atoms with Crippen molar-refractivity contribution in [2.24, 2.45) is 0 Å². The fraction of sp³-hybridized carbons (Fsp3) is 0.692. The molecule has 0 aliphatic rings. The van der Waals surface area contributed by atoms with Crippen LogP contribution in [0.5, 0.6) is 0 Å². The molecule has 102 valence electrons. The first-order valence-corrected chi connectivity index (χ1v) is 6.39. The van der Waals surface area contributed by atoms with Crippen LogP contribution < -0.4 is 10.2 Å². The van der Waals surface area contributed by atoms with Gasteiger partial charge in [-0.25, -0.2) is 9.97 Å². The van der Waals surface area contributed by atoms with Crippen LogP contribution in [-0.4, -0.2) is 43.8 Å². The van der Waals surface area contributed by atoms with Gasteiger partial charge in [0.1, 0.15) is 18.0 Å². The zero-order valence-corrected chi connectivity index (χ0v) is 12.0. The Morgan fingerprint density at radius 2 is 2.17 bits per heavy atom. The molecule has 1 atom stereocenters. The van der Waals surface area contributed by atoms with E-state index < -0.39 is 0 Å². The van der Waals surface area contributed by atoms with Gasteiger partial charge in [-0.05, 0) is 13.3 Å². The molecular formula is C13H24N4O. The maximum atomic E-state index is 5.20. The molecule has 1 unspecified atom stereocenters. The quantitative estimate of drug-likeness (QED) is 0.803. The molecule has 0 aliphatic heterocycles. The van der Waals surface area contributed by atoms with Crippen molar-refractivity contribution in [3.63, 3.8) is 0 Å². The first-order chi connectivity index (χ1) is 8.65. The summed E-state index contributed by atoms with van der Waals surface area (Å²) in [5.74, 6) is 1.90. The highest BCUT2D eigenvalue weighted by atomic mass is 16.5. The van der Waals surface area contributed by atoms with Crippen LogP contribution in [0.15, 0.2) is 6.33 Å². The number of nitrogens with zero attached hydrogens (tertiary/aromatic N) is 3. The molecule has 0 spiro atoms. The maximum absolute atomic E-state index is 5.20. The van der Waals surface area contributed by atoms with E-state index >= 15 is 0 Å². The predicted molar refractivity (Wildman–Crippen MR) is 75.3 cm³/mol. The van der Waals surface area contributed by atoms with Crippen LogP contribution in [0, 0.1) is 0 Å². The summed E-state index contributed by atoms with van der Waals surface area (Å²) in [6.45, 7) is 4.97. The molecule has 1 rings (SSSR count). The molecule has 0 saturated carbocycles. The average molecular weight is 252 g/mol. The van der Waals surface area contributed by atoms with E-state index in [9.17, 15) is 0 Å². The molecule has 1 aromatic rings. The second-order valence-corrected chi connectivity index (χ2v) is 4.44. The number of ether oxygens (including phenoxy) is 1. The number of hydrogen-bond donors (Lipinski definition) is 1. The van der Waals surface area contributed by atoms with E-state index in [1.54, 1.807) is 13.4 Å². The van der Waals surface area contributed by atoms with E-state index in [0.717, 1.165) is 24.5 Å². The van der Waals surface area contributed by atoms with Crippen molar-refractivity contribution in [2.75, 3.05) is 38.0 Å². The van der Waals surface area contributed by atoms with Gasteiger partial charge in [0.05, 0.1) is 12.6 Å². The Morgan fingerprint density at radius 1 is 1.44 bits per heavy atom. The third-order valence-corrected chi connectivity index (χ3v) is 3.06. The first kappa shape index (κ1) is 14.7. The van der Waals surface area contributed by atoms with Crippen molar-refractivity contribution in [1.82, 2.24) is 9.97 Å². The first-order valence-electron chi connectivity index (χ1n) is 6.39. The summed E-state index contributed by atoms with van der Waals surface area (Å²) in [5, 5.41) is 3.14. The topological polar surface area (TPSA) is 50.3 Å². The number of hydrogen-bond acceptors (Lipinski definition) is 5. The van der Waals surface area contributed by atoms with Crippen molar-refractivity contribution >= 4 is 11.6 Å². The molecule has 0 aliphatic carbocycles. The van der Waals surface area contributed by atoms with Gasteiger partial charge in [0.2, 0.25) is 0 Å². The SMILES string of the molecule is CCCc1c(NC)ncnc1N(C)C(C)COC. The molecule has 0 aromatic carbocycles. The largest absolute Gasteiger partial charge is 0.383 e. The van der Waals surface area contributed by atoms with Gasteiger partial charge in [0.15, 0.2) is 0 Å². The zero-order chi connectivity index (χ0) is 13.5. The molecule has 5 nitrogen and oxygen atoms in total. The number of methoxy groups -OCH3 is 1. The normalized spacial score (nSPS) is 12.3. The third kappa shape index (κ3) is 3.32. The fourth-order valence-corrected chi connectivity index (χ4v) is 1.96. The van der Waals surface area contributed by atoms with Crippen LogP contribution in [0.25, 0.3) is 0 Å². The summed E-state index contributed by atoms with van der Waals surface area (Å²) >= 11 is 0. The highest BCUT2D eigenvalue weighted by Gasteiger charge is 2.17. The van der Waals surface area contributed by atoms with Gasteiger partial charge in [-0.2, -0.15) is 0 Å². The van der Waals surface area contributed by atoms with Crippen LogP contribution in [0.4, 0.5) is 11.6 Å². The second kappa shape index (κ2) is 7.16. The maximum Gasteiger partial charge on any atom is 0.137 e. The van der Waals surface area contributed by atoms with Crippen LogP contribution >= 0.6 is 0 Å². The summed E-state index contributed by atoms with van der Waals surface area (Å²) in [5.41, 5.74) is 1.17. The summed E-state index contributed by atoms with van der Waals surface area (Å²) in [6, 6.07) is 0.283. The molecule has 1 aromatic heterocycles. The Morgan fingerprint density at radius 3 is 2.72 bits per heavy atom. The fourth-order valence-electron chi connectivity index (χ4n) is 1.96.